The molecule has 0 bridgehead atoms. The van der Waals surface area contributed by atoms with Crippen molar-refractivity contribution < 1.29 is 4.79 Å². The van der Waals surface area contributed by atoms with Gasteiger partial charge in [0.2, 0.25) is 5.91 Å². The summed E-state index contributed by atoms with van der Waals surface area (Å²) in [6.45, 7) is 0.440. The first kappa shape index (κ1) is 15.7. The summed E-state index contributed by atoms with van der Waals surface area (Å²) in [6, 6.07) is 17.3. The number of hydrogen-bond donors (Lipinski definition) is 1. The zero-order valence-corrected chi connectivity index (χ0v) is 13.9. The minimum atomic E-state index is -0.0263. The van der Waals surface area contributed by atoms with Crippen molar-refractivity contribution in [2.45, 2.75) is 13.0 Å². The van der Waals surface area contributed by atoms with Gasteiger partial charge >= 0.3 is 0 Å². The van der Waals surface area contributed by atoms with E-state index in [9.17, 15) is 4.79 Å². The smallest absolute Gasteiger partial charge is 0.224 e. The first-order valence-corrected chi connectivity index (χ1v) is 8.47. The number of aromatic nitrogens is 1. The Bertz CT molecular complexity index is 784. The van der Waals surface area contributed by atoms with Crippen molar-refractivity contribution in [3.8, 4) is 10.6 Å². The van der Waals surface area contributed by atoms with E-state index in [0.717, 1.165) is 21.8 Å². The topological polar surface area (TPSA) is 42.0 Å². The van der Waals surface area contributed by atoms with Gasteiger partial charge in [0.1, 0.15) is 5.01 Å². The highest BCUT2D eigenvalue weighted by Crippen LogP contribution is 2.23. The van der Waals surface area contributed by atoms with E-state index in [1.54, 1.807) is 23.5 Å². The first-order chi connectivity index (χ1) is 11.2. The van der Waals surface area contributed by atoms with Crippen molar-refractivity contribution in [3.05, 3.63) is 76.3 Å². The van der Waals surface area contributed by atoms with Crippen LogP contribution in [0.5, 0.6) is 0 Å². The molecule has 116 valence electrons. The molecule has 3 rings (SSSR count). The third-order valence-corrected chi connectivity index (χ3v) is 4.51. The van der Waals surface area contributed by atoms with Gasteiger partial charge in [0.05, 0.1) is 18.7 Å². The van der Waals surface area contributed by atoms with Gasteiger partial charge < -0.3 is 5.32 Å². The zero-order chi connectivity index (χ0) is 16.1. The van der Waals surface area contributed by atoms with Crippen LogP contribution in [0.1, 0.15) is 11.3 Å². The highest BCUT2D eigenvalue weighted by molar-refractivity contribution is 7.13. The van der Waals surface area contributed by atoms with Crippen LogP contribution < -0.4 is 5.32 Å². The second-order valence-corrected chi connectivity index (χ2v) is 6.38. The molecule has 1 heterocycles. The molecule has 0 aliphatic heterocycles. The van der Waals surface area contributed by atoms with Gasteiger partial charge in [0.25, 0.3) is 0 Å². The van der Waals surface area contributed by atoms with E-state index < -0.39 is 0 Å². The molecule has 0 aliphatic rings. The SMILES string of the molecule is O=C(Cc1ccc(Cl)cc1)NCc1csc(-c2ccccc2)n1. The molecule has 0 fully saturated rings. The van der Waals surface area contributed by atoms with Gasteiger partial charge in [-0.2, -0.15) is 0 Å². The number of carbonyl (C=O) groups excluding carboxylic acids is 1. The van der Waals surface area contributed by atoms with Crippen molar-refractivity contribution in [2.75, 3.05) is 0 Å². The Kier molecular flexibility index (Phi) is 5.05. The van der Waals surface area contributed by atoms with Gasteiger partial charge in [0, 0.05) is 16.0 Å². The van der Waals surface area contributed by atoms with Crippen molar-refractivity contribution in [2.24, 2.45) is 0 Å². The number of hydrogen-bond acceptors (Lipinski definition) is 3. The molecular weight excluding hydrogens is 328 g/mol. The van der Waals surface area contributed by atoms with Crippen LogP contribution in [0.2, 0.25) is 5.02 Å². The summed E-state index contributed by atoms with van der Waals surface area (Å²) in [5, 5.41) is 6.51. The van der Waals surface area contributed by atoms with Crippen LogP contribution in [0.25, 0.3) is 10.6 Å². The Morgan fingerprint density at radius 3 is 2.57 bits per heavy atom. The molecule has 3 aromatic rings. The van der Waals surface area contributed by atoms with Gasteiger partial charge in [0.15, 0.2) is 0 Å². The molecule has 5 heteroatoms. The van der Waals surface area contributed by atoms with Crippen molar-refractivity contribution in [1.29, 1.82) is 0 Å². The van der Waals surface area contributed by atoms with Crippen LogP contribution in [0.15, 0.2) is 60.0 Å². The predicted octanol–water partition coefficient (Wildman–Crippen LogP) is 4.32. The van der Waals surface area contributed by atoms with Crippen LogP contribution >= 0.6 is 22.9 Å². The van der Waals surface area contributed by atoms with Gasteiger partial charge in [-0.3, -0.25) is 4.79 Å². The molecule has 0 spiro atoms. The molecule has 0 saturated carbocycles. The lowest BCUT2D eigenvalue weighted by Crippen LogP contribution is -2.24. The molecular formula is C18H15ClN2OS. The number of thiazole rings is 1. The van der Waals surface area contributed by atoms with E-state index in [2.05, 4.69) is 10.3 Å². The maximum atomic E-state index is 12.0. The lowest BCUT2D eigenvalue weighted by molar-refractivity contribution is -0.120. The summed E-state index contributed by atoms with van der Waals surface area (Å²) in [7, 11) is 0. The highest BCUT2D eigenvalue weighted by Gasteiger charge is 2.07. The maximum Gasteiger partial charge on any atom is 0.224 e. The minimum absolute atomic E-state index is 0.0263. The molecule has 0 aliphatic carbocycles. The molecule has 1 aromatic heterocycles. The van der Waals surface area contributed by atoms with Crippen LogP contribution in [0, 0.1) is 0 Å². The fourth-order valence-corrected chi connectivity index (χ4v) is 3.09. The number of carbonyl (C=O) groups is 1. The van der Waals surface area contributed by atoms with Crippen molar-refractivity contribution in [1.82, 2.24) is 10.3 Å². The molecule has 0 radical (unpaired) electrons. The Balaban J connectivity index is 1.55. The molecule has 1 N–H and O–H groups in total. The number of nitrogens with zero attached hydrogens (tertiary/aromatic N) is 1. The summed E-state index contributed by atoms with van der Waals surface area (Å²) >= 11 is 7.42. The Labute approximate surface area is 144 Å². The van der Waals surface area contributed by atoms with E-state index >= 15 is 0 Å². The highest BCUT2D eigenvalue weighted by atomic mass is 35.5. The summed E-state index contributed by atoms with van der Waals surface area (Å²) in [6.07, 6.45) is 0.340. The number of benzene rings is 2. The number of rotatable bonds is 5. The number of halogens is 1. The molecule has 0 atom stereocenters. The first-order valence-electron chi connectivity index (χ1n) is 7.22. The van der Waals surface area contributed by atoms with Crippen LogP contribution in [0.4, 0.5) is 0 Å². The predicted molar refractivity (Wildman–Crippen MR) is 94.6 cm³/mol. The molecule has 1 amide bonds. The summed E-state index contributed by atoms with van der Waals surface area (Å²) in [5.41, 5.74) is 2.91. The van der Waals surface area contributed by atoms with Gasteiger partial charge in [-0.15, -0.1) is 11.3 Å². The maximum absolute atomic E-state index is 12.0. The Morgan fingerprint density at radius 1 is 1.09 bits per heavy atom. The van der Waals surface area contributed by atoms with E-state index in [4.69, 9.17) is 11.6 Å². The van der Waals surface area contributed by atoms with Gasteiger partial charge in [-0.1, -0.05) is 54.1 Å². The fraction of sp³-hybridized carbons (Fsp3) is 0.111. The second kappa shape index (κ2) is 7.40. The number of nitrogens with one attached hydrogen (secondary N) is 1. The van der Waals surface area contributed by atoms with Gasteiger partial charge in [-0.05, 0) is 17.7 Å². The summed E-state index contributed by atoms with van der Waals surface area (Å²) < 4.78 is 0. The third kappa shape index (κ3) is 4.41. The van der Waals surface area contributed by atoms with Crippen LogP contribution in [0.3, 0.4) is 0 Å². The Hall–Kier alpha value is -2.17. The number of amides is 1. The quantitative estimate of drug-likeness (QED) is 0.750. The summed E-state index contributed by atoms with van der Waals surface area (Å²) in [5.74, 6) is -0.0263. The monoisotopic (exact) mass is 342 g/mol. The van der Waals surface area contributed by atoms with Crippen LogP contribution in [-0.2, 0) is 17.8 Å². The standard InChI is InChI=1S/C18H15ClN2OS/c19-15-8-6-13(7-9-15)10-17(22)20-11-16-12-23-18(21-16)14-4-2-1-3-5-14/h1-9,12H,10-11H2,(H,20,22). The van der Waals surface area contributed by atoms with Crippen LogP contribution in [-0.4, -0.2) is 10.9 Å². The molecule has 23 heavy (non-hydrogen) atoms. The fourth-order valence-electron chi connectivity index (χ4n) is 2.14. The Morgan fingerprint density at radius 2 is 1.83 bits per heavy atom. The second-order valence-electron chi connectivity index (χ2n) is 5.09. The third-order valence-electron chi connectivity index (χ3n) is 3.32. The average Bonchev–Trinajstić information content (AvgIpc) is 3.05. The zero-order valence-electron chi connectivity index (χ0n) is 12.3. The average molecular weight is 343 g/mol. The molecule has 0 unspecified atom stereocenters. The van der Waals surface area contributed by atoms with E-state index in [1.807, 2.05) is 47.8 Å². The van der Waals surface area contributed by atoms with Gasteiger partial charge in [-0.25, -0.2) is 4.98 Å². The van der Waals surface area contributed by atoms with E-state index in [-0.39, 0.29) is 5.91 Å². The lowest BCUT2D eigenvalue weighted by atomic mass is 10.1. The molecule has 0 saturated heterocycles. The lowest BCUT2D eigenvalue weighted by Gasteiger charge is -2.03. The molecule has 3 nitrogen and oxygen atoms in total. The van der Waals surface area contributed by atoms with E-state index in [1.165, 1.54) is 0 Å². The normalized spacial score (nSPS) is 10.5. The molecule has 2 aromatic carbocycles. The van der Waals surface area contributed by atoms with E-state index in [0.29, 0.717) is 18.0 Å². The van der Waals surface area contributed by atoms with Crippen molar-refractivity contribution in [3.63, 3.8) is 0 Å². The summed E-state index contributed by atoms with van der Waals surface area (Å²) in [4.78, 5) is 16.5. The largest absolute Gasteiger partial charge is 0.350 e. The van der Waals surface area contributed by atoms with Crippen molar-refractivity contribution >= 4 is 28.8 Å². The minimum Gasteiger partial charge on any atom is -0.350 e.